The standard InChI is InChI=1S/C27H27FN6O2.C25H22F2N6O2.C24H23N7O3/c1-16(35)17-3-2-9-33(15-17)19-4-7-24(29-12-19)32-22-6-5-20(21-13-31-27(36)26(21)22)23-14-30-25-11-18(28)8-10-34(23)25;26-14-5-8-33-20(12-29-23(33)9-14)16-2-3-19(24-17(16)11-30-25(24)35)31-22-4-1-15(10-28-22)32-7-6-18(27)21(34)13-32;32-14-16-13-30(7-8-34-16)15-1-4-21(26-9-15)29-19-3-2-17(18-10-28-24(33)23(18)19)20-11-27-22-12-25-5-6-31(20)22/h4-8,10-12,14,16-17,35H,2-3,9,13,15H2,1H3,(H,29,32)(H,31,36);1-5,8-10,12,18,21,34H,6-7,11,13H2,(H,28,31)(H,30,35);1-6,9,11-12,16,32H,7-8,10,13-14H2,(H,26,29)(H,28,33)/t16-,17-;18-,21+;/m10./s1. The van der Waals surface area contributed by atoms with Gasteiger partial charge in [-0.05, 0) is 110 Å². The minimum atomic E-state index is -1.20. The van der Waals surface area contributed by atoms with Crippen molar-refractivity contribution in [2.75, 3.05) is 83.1 Å². The van der Waals surface area contributed by atoms with E-state index in [0.717, 1.165) is 106 Å². The second-order valence-electron chi connectivity index (χ2n) is 26.6. The third kappa shape index (κ3) is 13.5. The molecule has 29 heteroatoms. The van der Waals surface area contributed by atoms with Crippen LogP contribution in [0, 0.1) is 17.6 Å². The number of aromatic nitrogens is 10. The van der Waals surface area contributed by atoms with Gasteiger partial charge in [0.1, 0.15) is 52.7 Å². The van der Waals surface area contributed by atoms with E-state index in [4.69, 9.17) is 4.74 Å². The first-order valence-electron chi connectivity index (χ1n) is 34.7. The highest BCUT2D eigenvalue weighted by molar-refractivity contribution is 6.08. The van der Waals surface area contributed by atoms with Gasteiger partial charge in [-0.15, -0.1) is 0 Å². The predicted molar refractivity (Wildman–Crippen MR) is 389 cm³/mol. The number of nitrogens with zero attached hydrogens (tertiary/aromatic N) is 13. The number of anilines is 9. The number of hydrogen-bond acceptors (Lipinski definition) is 20. The number of rotatable bonds is 14. The van der Waals surface area contributed by atoms with Crippen molar-refractivity contribution in [3.8, 4) is 33.8 Å². The Hall–Kier alpha value is -12.1. The van der Waals surface area contributed by atoms with Gasteiger partial charge in [0.05, 0.1) is 137 Å². The lowest BCUT2D eigenvalue weighted by molar-refractivity contribution is 0.00355. The van der Waals surface area contributed by atoms with Crippen LogP contribution in [0.4, 0.5) is 64.7 Å². The molecule has 534 valence electrons. The summed E-state index contributed by atoms with van der Waals surface area (Å²) in [6.07, 6.45) is 18.7. The number of fused-ring (bicyclic) bond motifs is 6. The summed E-state index contributed by atoms with van der Waals surface area (Å²) >= 11 is 0. The maximum absolute atomic E-state index is 13.6. The zero-order chi connectivity index (χ0) is 72.0. The van der Waals surface area contributed by atoms with Crippen molar-refractivity contribution in [2.24, 2.45) is 5.92 Å². The van der Waals surface area contributed by atoms with E-state index in [0.29, 0.717) is 102 Å². The molecule has 0 radical (unpaired) electrons. The molecule has 1 unspecified atom stereocenters. The van der Waals surface area contributed by atoms with Gasteiger partial charge in [0, 0.05) is 118 Å². The number of alkyl halides is 1. The molecule has 3 aromatic carbocycles. The van der Waals surface area contributed by atoms with Crippen LogP contribution in [0.15, 0.2) is 165 Å². The number of piperidine rings is 2. The Kier molecular flexibility index (Phi) is 18.4. The van der Waals surface area contributed by atoms with Gasteiger partial charge >= 0.3 is 0 Å². The number of imidazole rings is 3. The number of benzene rings is 3. The van der Waals surface area contributed by atoms with Crippen molar-refractivity contribution in [2.45, 2.75) is 70.3 Å². The molecule has 0 spiro atoms. The Morgan fingerprint density at radius 1 is 0.533 bits per heavy atom. The Morgan fingerprint density at radius 3 is 1.44 bits per heavy atom. The minimum Gasteiger partial charge on any atom is -0.394 e. The molecule has 3 saturated heterocycles. The lowest BCUT2D eigenvalue weighted by Gasteiger charge is -2.35. The average molecular weight is 1420 g/mol. The Morgan fingerprint density at radius 2 is 0.990 bits per heavy atom. The fourth-order valence-electron chi connectivity index (χ4n) is 14.6. The molecule has 18 rings (SSSR count). The van der Waals surface area contributed by atoms with Gasteiger partial charge in [0.25, 0.3) is 17.7 Å². The second-order valence-corrected chi connectivity index (χ2v) is 26.6. The van der Waals surface area contributed by atoms with Gasteiger partial charge in [-0.2, -0.15) is 0 Å². The van der Waals surface area contributed by atoms with E-state index in [1.807, 2.05) is 99.7 Å². The highest BCUT2D eigenvalue weighted by atomic mass is 19.1. The number of aliphatic hydroxyl groups excluding tert-OH is 3. The number of aliphatic hydroxyl groups is 3. The number of pyridine rings is 5. The number of ether oxygens (including phenoxy) is 1. The maximum Gasteiger partial charge on any atom is 0.254 e. The molecule has 9 aromatic heterocycles. The molecule has 15 heterocycles. The normalized spacial score (nSPS) is 18.5. The smallest absolute Gasteiger partial charge is 0.254 e. The Labute approximate surface area is 598 Å². The van der Waals surface area contributed by atoms with Crippen LogP contribution >= 0.6 is 0 Å². The van der Waals surface area contributed by atoms with E-state index in [-0.39, 0.29) is 67.1 Å². The summed E-state index contributed by atoms with van der Waals surface area (Å²) in [6, 6.07) is 28.4. The van der Waals surface area contributed by atoms with Crippen LogP contribution in [0.5, 0.6) is 0 Å². The molecule has 0 aliphatic carbocycles. The summed E-state index contributed by atoms with van der Waals surface area (Å²) in [5.74, 6) is 0.939. The number of amides is 3. The minimum absolute atomic E-state index is 0.00128. The molecule has 0 saturated carbocycles. The highest BCUT2D eigenvalue weighted by Gasteiger charge is 2.33. The van der Waals surface area contributed by atoms with Crippen molar-refractivity contribution < 1.29 is 47.6 Å². The molecule has 9 N–H and O–H groups in total. The molecule has 0 bridgehead atoms. The van der Waals surface area contributed by atoms with E-state index >= 15 is 0 Å². The van der Waals surface area contributed by atoms with Crippen LogP contribution in [-0.4, -0.2) is 158 Å². The van der Waals surface area contributed by atoms with Gasteiger partial charge in [0.2, 0.25) is 0 Å². The molecule has 12 aromatic rings. The number of halogens is 3. The molecular weight excluding hydrogens is 1350 g/mol. The molecule has 6 aliphatic heterocycles. The number of morpholine rings is 1. The molecule has 3 amide bonds. The summed E-state index contributed by atoms with van der Waals surface area (Å²) in [6.45, 7) is 7.52. The molecule has 6 aliphatic rings. The fourth-order valence-corrected chi connectivity index (χ4v) is 14.6. The zero-order valence-electron chi connectivity index (χ0n) is 56.8. The number of β-amino-alcohol motifs (C(OH)–C–C–N with tert-alkyl or cyclic N) is 1. The lowest BCUT2D eigenvalue weighted by Crippen LogP contribution is -2.45. The Balaban J connectivity index is 0.000000121. The van der Waals surface area contributed by atoms with Crippen molar-refractivity contribution in [1.82, 2.24) is 64.0 Å². The van der Waals surface area contributed by atoms with Crippen molar-refractivity contribution in [3.63, 3.8) is 0 Å². The molecule has 3 fully saturated rings. The van der Waals surface area contributed by atoms with Gasteiger partial charge in [0.15, 0.2) is 5.65 Å². The molecule has 5 atom stereocenters. The van der Waals surface area contributed by atoms with E-state index in [9.17, 15) is 42.9 Å². The third-order valence-corrected chi connectivity index (χ3v) is 20.1. The Bertz CT molecular complexity index is 5290. The third-order valence-electron chi connectivity index (χ3n) is 20.1. The van der Waals surface area contributed by atoms with Crippen molar-refractivity contribution in [1.29, 1.82) is 0 Å². The largest absolute Gasteiger partial charge is 0.394 e. The monoisotopic (exact) mass is 1420 g/mol. The lowest BCUT2D eigenvalue weighted by atomic mass is 9.93. The first-order chi connectivity index (χ1) is 51.2. The van der Waals surface area contributed by atoms with E-state index < -0.39 is 12.3 Å². The van der Waals surface area contributed by atoms with Crippen LogP contribution < -0.4 is 46.6 Å². The highest BCUT2D eigenvalue weighted by Crippen LogP contribution is 2.40. The SMILES string of the molecule is C[C@@H](O)[C@@H]1CCCN(c2ccc(Nc3ccc(-c4cnc5cc(F)ccn45)c4c3C(=O)NC4)nc2)C1.O=C1NCc2c(-c3cnc4cc(F)ccn34)ccc(Nc3ccc(N4CC[C@H](F)[C@H](O)C4)cn3)c21.O=C1NCc2c(-c3cnc4cnccn34)ccc(Nc3ccc(N4CCOC(CO)C4)cn3)c21. The van der Waals surface area contributed by atoms with Gasteiger partial charge < -0.3 is 66.7 Å². The summed E-state index contributed by atoms with van der Waals surface area (Å²) in [5.41, 5.74) is 16.0. The van der Waals surface area contributed by atoms with Gasteiger partial charge in [-0.3, -0.25) is 32.6 Å². The molecular formula is C76H72F3N19O7. The van der Waals surface area contributed by atoms with E-state index in [1.54, 1.807) is 66.2 Å². The fraction of sp³-hybridized carbons (Fsp3) is 0.263. The summed E-state index contributed by atoms with van der Waals surface area (Å²) in [4.78, 5) is 75.3. The second kappa shape index (κ2) is 28.6. The van der Waals surface area contributed by atoms with E-state index in [2.05, 4.69) is 76.6 Å². The van der Waals surface area contributed by atoms with Crippen LogP contribution in [0.3, 0.4) is 0 Å². The maximum atomic E-state index is 13.6. The quantitative estimate of drug-likeness (QED) is 0.0489. The summed E-state index contributed by atoms with van der Waals surface area (Å²) < 4.78 is 51.9. The first kappa shape index (κ1) is 67.4. The van der Waals surface area contributed by atoms with E-state index in [1.165, 1.54) is 24.3 Å². The van der Waals surface area contributed by atoms with Crippen LogP contribution in [-0.2, 0) is 24.4 Å². The van der Waals surface area contributed by atoms with Crippen LogP contribution in [0.25, 0.3) is 50.7 Å². The molecule has 105 heavy (non-hydrogen) atoms. The number of hydrogen-bond donors (Lipinski definition) is 9. The van der Waals surface area contributed by atoms with Crippen LogP contribution in [0.1, 0.15) is 74.0 Å². The van der Waals surface area contributed by atoms with Gasteiger partial charge in [-0.25, -0.2) is 43.1 Å². The van der Waals surface area contributed by atoms with Crippen LogP contribution in [0.2, 0.25) is 0 Å². The average Bonchev–Trinajstić information content (AvgIpc) is 1.64. The first-order valence-corrected chi connectivity index (χ1v) is 34.7. The summed E-state index contributed by atoms with van der Waals surface area (Å²) in [7, 11) is 0. The van der Waals surface area contributed by atoms with Crippen molar-refractivity contribution >= 4 is 86.2 Å². The van der Waals surface area contributed by atoms with Gasteiger partial charge in [-0.1, -0.05) is 18.2 Å². The number of carbonyl (C=O) groups is 3. The topological polar surface area (TPSA) is 306 Å². The summed E-state index contributed by atoms with van der Waals surface area (Å²) in [5, 5.41) is 47.8. The number of nitrogens with one attached hydrogen (secondary N) is 6. The van der Waals surface area contributed by atoms with Crippen molar-refractivity contribution in [3.05, 3.63) is 210 Å². The molecule has 26 nitrogen and oxygen atoms in total. The zero-order valence-corrected chi connectivity index (χ0v) is 56.8. The predicted octanol–water partition coefficient (Wildman–Crippen LogP) is 9.53. The number of carbonyl (C=O) groups excluding carboxylic acids is 3.